The zero-order valence-electron chi connectivity index (χ0n) is 16.5. The maximum absolute atomic E-state index is 13.2. The Morgan fingerprint density at radius 1 is 1.07 bits per heavy atom. The number of carbonyl (C=O) groups excluding carboxylic acids is 1. The highest BCUT2D eigenvalue weighted by Crippen LogP contribution is 2.35. The Morgan fingerprint density at radius 2 is 1.76 bits per heavy atom. The van der Waals surface area contributed by atoms with Gasteiger partial charge in [0.1, 0.15) is 19.3 Å². The summed E-state index contributed by atoms with van der Waals surface area (Å²) in [4.78, 5) is 14.9. The molecule has 7 nitrogen and oxygen atoms in total. The van der Waals surface area contributed by atoms with Crippen LogP contribution >= 0.6 is 0 Å². The van der Waals surface area contributed by atoms with Crippen molar-refractivity contribution in [2.75, 3.05) is 30.3 Å². The number of nitrogens with zero attached hydrogens (tertiary/aromatic N) is 2. The largest absolute Gasteiger partial charge is 0.486 e. The third-order valence-electron chi connectivity index (χ3n) is 5.29. The molecular formula is C21H24N2O5S. The first-order valence-corrected chi connectivity index (χ1v) is 11.4. The lowest BCUT2D eigenvalue weighted by molar-refractivity contribution is -0.132. The van der Waals surface area contributed by atoms with Crippen LogP contribution in [0, 0.1) is 0 Å². The molecule has 2 heterocycles. The first kappa shape index (κ1) is 19.6. The summed E-state index contributed by atoms with van der Waals surface area (Å²) in [6, 6.07) is 12.1. The van der Waals surface area contributed by atoms with Crippen molar-refractivity contribution < 1.29 is 22.7 Å². The van der Waals surface area contributed by atoms with Gasteiger partial charge in [-0.1, -0.05) is 24.3 Å². The van der Waals surface area contributed by atoms with Gasteiger partial charge in [-0.05, 0) is 36.6 Å². The zero-order valence-corrected chi connectivity index (χ0v) is 17.3. The lowest BCUT2D eigenvalue weighted by Crippen LogP contribution is -2.50. The molecule has 0 unspecified atom stereocenters. The zero-order chi connectivity index (χ0) is 20.6. The standard InChI is InChI=1S/C21H24N2O5S/c1-15(21(24)22-10-9-16-5-3-4-6-17(16)14-22)23(29(2,25)26)18-7-8-19-20(13-18)28-12-11-27-19/h3-8,13,15H,9-12,14H2,1-2H3/t15-/m0/s1. The maximum Gasteiger partial charge on any atom is 0.246 e. The molecule has 2 aromatic rings. The number of carbonyl (C=O) groups is 1. The molecule has 2 aliphatic rings. The van der Waals surface area contributed by atoms with Crippen molar-refractivity contribution in [2.24, 2.45) is 0 Å². The van der Waals surface area contributed by atoms with Gasteiger partial charge < -0.3 is 14.4 Å². The number of anilines is 1. The fourth-order valence-corrected chi connectivity index (χ4v) is 5.08. The molecule has 8 heteroatoms. The Bertz CT molecular complexity index is 1040. The van der Waals surface area contributed by atoms with Crippen molar-refractivity contribution in [3.05, 3.63) is 53.6 Å². The van der Waals surface area contributed by atoms with E-state index < -0.39 is 16.1 Å². The lowest BCUT2D eigenvalue weighted by Gasteiger charge is -2.35. The Labute approximate surface area is 170 Å². The van der Waals surface area contributed by atoms with Crippen molar-refractivity contribution in [1.29, 1.82) is 0 Å². The first-order valence-electron chi connectivity index (χ1n) is 9.59. The normalized spacial score (nSPS) is 16.7. The SMILES string of the molecule is C[C@@H](C(=O)N1CCc2ccccc2C1)N(c1ccc2c(c1)OCCO2)S(C)(=O)=O. The van der Waals surface area contributed by atoms with E-state index in [1.165, 1.54) is 5.56 Å². The highest BCUT2D eigenvalue weighted by molar-refractivity contribution is 7.92. The Kier molecular flexibility index (Phi) is 5.12. The topological polar surface area (TPSA) is 76.2 Å². The summed E-state index contributed by atoms with van der Waals surface area (Å²) in [5.41, 5.74) is 2.72. The third kappa shape index (κ3) is 3.89. The molecule has 29 heavy (non-hydrogen) atoms. The summed E-state index contributed by atoms with van der Waals surface area (Å²) >= 11 is 0. The van der Waals surface area contributed by atoms with E-state index in [0.29, 0.717) is 43.5 Å². The van der Waals surface area contributed by atoms with Crippen molar-refractivity contribution in [1.82, 2.24) is 4.90 Å². The minimum atomic E-state index is -3.70. The van der Waals surface area contributed by atoms with Crippen LogP contribution in [0.1, 0.15) is 18.1 Å². The Balaban J connectivity index is 1.61. The van der Waals surface area contributed by atoms with E-state index in [2.05, 4.69) is 6.07 Å². The molecule has 1 atom stereocenters. The van der Waals surface area contributed by atoms with Crippen LogP contribution in [-0.4, -0.2) is 51.3 Å². The molecule has 0 spiro atoms. The van der Waals surface area contributed by atoms with Gasteiger partial charge in [0, 0.05) is 19.2 Å². The monoisotopic (exact) mass is 416 g/mol. The van der Waals surface area contributed by atoms with Crippen LogP contribution in [0.25, 0.3) is 0 Å². The van der Waals surface area contributed by atoms with E-state index in [9.17, 15) is 13.2 Å². The number of sulfonamides is 1. The second-order valence-corrected chi connectivity index (χ2v) is 9.20. The number of amides is 1. The number of fused-ring (bicyclic) bond motifs is 2. The van der Waals surface area contributed by atoms with Crippen LogP contribution in [0.2, 0.25) is 0 Å². The molecule has 0 saturated carbocycles. The number of rotatable bonds is 4. The van der Waals surface area contributed by atoms with Gasteiger partial charge in [-0.2, -0.15) is 0 Å². The number of hydrogen-bond acceptors (Lipinski definition) is 5. The smallest absolute Gasteiger partial charge is 0.246 e. The fourth-order valence-electron chi connectivity index (χ4n) is 3.92. The third-order valence-corrected chi connectivity index (χ3v) is 6.53. The van der Waals surface area contributed by atoms with Crippen LogP contribution in [0.5, 0.6) is 11.5 Å². The van der Waals surface area contributed by atoms with Crippen molar-refractivity contribution in [2.45, 2.75) is 25.9 Å². The molecule has 154 valence electrons. The summed E-state index contributed by atoms with van der Waals surface area (Å²) < 4.78 is 37.5. The van der Waals surface area contributed by atoms with Crippen LogP contribution in [0.4, 0.5) is 5.69 Å². The van der Waals surface area contributed by atoms with Crippen LogP contribution in [-0.2, 0) is 27.8 Å². The summed E-state index contributed by atoms with van der Waals surface area (Å²) in [5, 5.41) is 0. The highest BCUT2D eigenvalue weighted by Gasteiger charge is 2.34. The average molecular weight is 416 g/mol. The van der Waals surface area contributed by atoms with Gasteiger partial charge in [-0.15, -0.1) is 0 Å². The van der Waals surface area contributed by atoms with Crippen molar-refractivity contribution in [3.8, 4) is 11.5 Å². The average Bonchev–Trinajstić information content (AvgIpc) is 2.71. The molecule has 0 fully saturated rings. The number of benzene rings is 2. The molecule has 0 bridgehead atoms. The molecule has 4 rings (SSSR count). The summed E-state index contributed by atoms with van der Waals surface area (Å²) in [5.74, 6) is 0.828. The predicted octanol–water partition coefficient (Wildman–Crippen LogP) is 2.20. The second kappa shape index (κ2) is 7.59. The lowest BCUT2D eigenvalue weighted by atomic mass is 9.99. The van der Waals surface area contributed by atoms with E-state index in [-0.39, 0.29) is 5.91 Å². The van der Waals surface area contributed by atoms with Gasteiger partial charge in [0.05, 0.1) is 11.9 Å². The van der Waals surface area contributed by atoms with Crippen LogP contribution in [0.3, 0.4) is 0 Å². The van der Waals surface area contributed by atoms with Gasteiger partial charge in [0.15, 0.2) is 11.5 Å². The minimum Gasteiger partial charge on any atom is -0.486 e. The van der Waals surface area contributed by atoms with Crippen LogP contribution in [0.15, 0.2) is 42.5 Å². The van der Waals surface area contributed by atoms with Crippen molar-refractivity contribution in [3.63, 3.8) is 0 Å². The van der Waals surface area contributed by atoms with E-state index in [0.717, 1.165) is 22.5 Å². The summed E-state index contributed by atoms with van der Waals surface area (Å²) in [6.07, 6.45) is 1.87. The van der Waals surface area contributed by atoms with Gasteiger partial charge >= 0.3 is 0 Å². The van der Waals surface area contributed by atoms with E-state index in [1.807, 2.05) is 18.2 Å². The van der Waals surface area contributed by atoms with Gasteiger partial charge in [0.25, 0.3) is 0 Å². The van der Waals surface area contributed by atoms with Crippen molar-refractivity contribution >= 4 is 21.6 Å². The Hall–Kier alpha value is -2.74. The molecule has 0 aliphatic carbocycles. The van der Waals surface area contributed by atoms with Gasteiger partial charge in [-0.25, -0.2) is 8.42 Å². The molecule has 0 aromatic heterocycles. The number of ether oxygens (including phenoxy) is 2. The van der Waals surface area contributed by atoms with Crippen LogP contribution < -0.4 is 13.8 Å². The van der Waals surface area contributed by atoms with E-state index in [4.69, 9.17) is 9.47 Å². The molecule has 0 saturated heterocycles. The van der Waals surface area contributed by atoms with Gasteiger partial charge in [-0.3, -0.25) is 9.10 Å². The summed E-state index contributed by atoms with van der Waals surface area (Å²) in [6.45, 7) is 3.53. The quantitative estimate of drug-likeness (QED) is 0.764. The molecule has 0 radical (unpaired) electrons. The fraction of sp³-hybridized carbons (Fsp3) is 0.381. The second-order valence-electron chi connectivity index (χ2n) is 7.34. The molecule has 2 aliphatic heterocycles. The number of hydrogen-bond donors (Lipinski definition) is 0. The van der Waals surface area contributed by atoms with Gasteiger partial charge in [0.2, 0.25) is 15.9 Å². The summed E-state index contributed by atoms with van der Waals surface area (Å²) in [7, 11) is -3.70. The highest BCUT2D eigenvalue weighted by atomic mass is 32.2. The maximum atomic E-state index is 13.2. The molecule has 2 aromatic carbocycles. The first-order chi connectivity index (χ1) is 13.8. The molecule has 1 amide bonds. The van der Waals surface area contributed by atoms with E-state index >= 15 is 0 Å². The van der Waals surface area contributed by atoms with E-state index in [1.54, 1.807) is 30.0 Å². The molecule has 0 N–H and O–H groups in total. The Morgan fingerprint density at radius 3 is 2.48 bits per heavy atom. The predicted molar refractivity (Wildman–Crippen MR) is 110 cm³/mol. The minimum absolute atomic E-state index is 0.222. The molecular weight excluding hydrogens is 392 g/mol.